The number of unbranched alkanes of at least 4 members (excludes halogenated alkanes) is 1. The van der Waals surface area contributed by atoms with Gasteiger partial charge >= 0.3 is 0 Å². The Labute approximate surface area is 98.5 Å². The molecule has 0 radical (unpaired) electrons. The van der Waals surface area contributed by atoms with E-state index in [0.29, 0.717) is 0 Å². The van der Waals surface area contributed by atoms with Gasteiger partial charge in [-0.2, -0.15) is 11.8 Å². The minimum atomic E-state index is 0.741. The molecule has 3 heteroatoms. The highest BCUT2D eigenvalue weighted by molar-refractivity contribution is 8.00. The fourth-order valence-electron chi connectivity index (χ4n) is 1.80. The summed E-state index contributed by atoms with van der Waals surface area (Å²) >= 11 is 2.14. The van der Waals surface area contributed by atoms with Gasteiger partial charge in [0.1, 0.15) is 0 Å². The maximum Gasteiger partial charge on any atom is 0.0476 e. The molecular formula is C12H25NOS. The van der Waals surface area contributed by atoms with Gasteiger partial charge in [0.15, 0.2) is 0 Å². The predicted octanol–water partition coefficient (Wildman–Crippen LogP) is 2.68. The molecule has 0 aromatic rings. The summed E-state index contributed by atoms with van der Waals surface area (Å²) in [5.41, 5.74) is 0. The summed E-state index contributed by atoms with van der Waals surface area (Å²) in [6.45, 7) is 8.83. The highest BCUT2D eigenvalue weighted by Gasteiger charge is 2.16. The van der Waals surface area contributed by atoms with E-state index in [9.17, 15) is 0 Å². The number of hydrogen-bond acceptors (Lipinski definition) is 3. The Balaban J connectivity index is 1.98. The SMILES string of the molecule is CCCCNCC(C)SC1CCOCC1. The van der Waals surface area contributed by atoms with Gasteiger partial charge in [0, 0.05) is 30.3 Å². The van der Waals surface area contributed by atoms with E-state index in [0.717, 1.165) is 30.3 Å². The van der Waals surface area contributed by atoms with Crippen LogP contribution in [0.4, 0.5) is 0 Å². The zero-order valence-corrected chi connectivity index (χ0v) is 10.9. The van der Waals surface area contributed by atoms with E-state index in [1.807, 2.05) is 0 Å². The van der Waals surface area contributed by atoms with Crippen molar-refractivity contribution in [3.63, 3.8) is 0 Å². The highest BCUT2D eigenvalue weighted by atomic mass is 32.2. The summed E-state index contributed by atoms with van der Waals surface area (Å²) in [5, 5.41) is 5.10. The molecule has 1 aliphatic rings. The molecule has 1 unspecified atom stereocenters. The Hall–Kier alpha value is 0.270. The molecule has 0 spiro atoms. The monoisotopic (exact) mass is 231 g/mol. The van der Waals surface area contributed by atoms with Crippen molar-refractivity contribution in [2.45, 2.75) is 50.0 Å². The van der Waals surface area contributed by atoms with Crippen molar-refractivity contribution in [3.05, 3.63) is 0 Å². The van der Waals surface area contributed by atoms with Crippen molar-refractivity contribution in [1.82, 2.24) is 5.32 Å². The van der Waals surface area contributed by atoms with Crippen molar-refractivity contribution >= 4 is 11.8 Å². The standard InChI is InChI=1S/C12H25NOS/c1-3-4-7-13-10-11(2)15-12-5-8-14-9-6-12/h11-13H,3-10H2,1-2H3. The topological polar surface area (TPSA) is 21.3 Å². The van der Waals surface area contributed by atoms with Crippen LogP contribution in [0.1, 0.15) is 39.5 Å². The van der Waals surface area contributed by atoms with Crippen LogP contribution in [0.5, 0.6) is 0 Å². The van der Waals surface area contributed by atoms with Crippen molar-refractivity contribution in [3.8, 4) is 0 Å². The van der Waals surface area contributed by atoms with Crippen LogP contribution in [0.25, 0.3) is 0 Å². The zero-order chi connectivity index (χ0) is 10.9. The lowest BCUT2D eigenvalue weighted by molar-refractivity contribution is 0.0999. The Morgan fingerprint density at radius 3 is 2.80 bits per heavy atom. The van der Waals surface area contributed by atoms with E-state index in [1.54, 1.807) is 0 Å². The molecule has 0 amide bonds. The zero-order valence-electron chi connectivity index (χ0n) is 10.1. The summed E-state index contributed by atoms with van der Waals surface area (Å²) in [6.07, 6.45) is 5.07. The molecule has 1 fully saturated rings. The third kappa shape index (κ3) is 6.44. The van der Waals surface area contributed by atoms with Gasteiger partial charge in [-0.25, -0.2) is 0 Å². The second kappa shape index (κ2) is 8.43. The maximum absolute atomic E-state index is 5.37. The van der Waals surface area contributed by atoms with Gasteiger partial charge in [-0.1, -0.05) is 20.3 Å². The van der Waals surface area contributed by atoms with Crippen LogP contribution >= 0.6 is 11.8 Å². The first-order valence-corrected chi connectivity index (χ1v) is 7.21. The Morgan fingerprint density at radius 2 is 2.13 bits per heavy atom. The molecule has 15 heavy (non-hydrogen) atoms. The van der Waals surface area contributed by atoms with Crippen LogP contribution in [0, 0.1) is 0 Å². The predicted molar refractivity (Wildman–Crippen MR) is 68.7 cm³/mol. The lowest BCUT2D eigenvalue weighted by Gasteiger charge is -2.24. The Bertz CT molecular complexity index is 149. The lowest BCUT2D eigenvalue weighted by Crippen LogP contribution is -2.27. The largest absolute Gasteiger partial charge is 0.381 e. The third-order valence-corrected chi connectivity index (χ3v) is 4.22. The number of rotatable bonds is 7. The molecule has 90 valence electrons. The van der Waals surface area contributed by atoms with Gasteiger partial charge in [-0.05, 0) is 25.8 Å². The van der Waals surface area contributed by atoms with E-state index in [1.165, 1.54) is 32.2 Å². The first-order valence-electron chi connectivity index (χ1n) is 6.27. The average Bonchev–Trinajstić information content (AvgIpc) is 2.26. The third-order valence-electron chi connectivity index (χ3n) is 2.73. The molecule has 0 saturated carbocycles. The average molecular weight is 231 g/mol. The smallest absolute Gasteiger partial charge is 0.0476 e. The first kappa shape index (κ1) is 13.3. The molecular weight excluding hydrogens is 206 g/mol. The van der Waals surface area contributed by atoms with Crippen LogP contribution in [-0.4, -0.2) is 36.8 Å². The van der Waals surface area contributed by atoms with Gasteiger partial charge in [-0.3, -0.25) is 0 Å². The molecule has 0 aliphatic carbocycles. The minimum absolute atomic E-state index is 0.741. The van der Waals surface area contributed by atoms with Gasteiger partial charge in [0.05, 0.1) is 0 Å². The number of hydrogen-bond donors (Lipinski definition) is 1. The molecule has 1 rings (SSSR count). The Morgan fingerprint density at radius 1 is 1.40 bits per heavy atom. The van der Waals surface area contributed by atoms with Crippen molar-refractivity contribution in [1.29, 1.82) is 0 Å². The van der Waals surface area contributed by atoms with Crippen LogP contribution in [0.15, 0.2) is 0 Å². The van der Waals surface area contributed by atoms with E-state index >= 15 is 0 Å². The van der Waals surface area contributed by atoms with Crippen molar-refractivity contribution < 1.29 is 4.74 Å². The van der Waals surface area contributed by atoms with Crippen molar-refractivity contribution in [2.75, 3.05) is 26.3 Å². The number of ether oxygens (including phenoxy) is 1. The van der Waals surface area contributed by atoms with E-state index in [4.69, 9.17) is 4.74 Å². The summed E-state index contributed by atoms with van der Waals surface area (Å²) in [4.78, 5) is 0. The summed E-state index contributed by atoms with van der Waals surface area (Å²) in [6, 6.07) is 0. The molecule has 1 aliphatic heterocycles. The second-order valence-corrected chi connectivity index (χ2v) is 6.06. The molecule has 0 aromatic heterocycles. The van der Waals surface area contributed by atoms with Gasteiger partial charge in [0.25, 0.3) is 0 Å². The van der Waals surface area contributed by atoms with Crippen LogP contribution in [-0.2, 0) is 4.74 Å². The van der Waals surface area contributed by atoms with Crippen LogP contribution in [0.3, 0.4) is 0 Å². The lowest BCUT2D eigenvalue weighted by atomic mass is 10.2. The molecule has 0 aromatic carbocycles. The quantitative estimate of drug-likeness (QED) is 0.681. The summed E-state index contributed by atoms with van der Waals surface area (Å²) in [5.74, 6) is 0. The molecule has 1 saturated heterocycles. The van der Waals surface area contributed by atoms with E-state index in [2.05, 4.69) is 30.9 Å². The van der Waals surface area contributed by atoms with Crippen molar-refractivity contribution in [2.24, 2.45) is 0 Å². The van der Waals surface area contributed by atoms with Gasteiger partial charge < -0.3 is 10.1 Å². The second-order valence-electron chi connectivity index (χ2n) is 4.32. The summed E-state index contributed by atoms with van der Waals surface area (Å²) in [7, 11) is 0. The molecule has 1 heterocycles. The molecule has 1 N–H and O–H groups in total. The van der Waals surface area contributed by atoms with Gasteiger partial charge in [0.2, 0.25) is 0 Å². The number of thioether (sulfide) groups is 1. The highest BCUT2D eigenvalue weighted by Crippen LogP contribution is 2.25. The van der Waals surface area contributed by atoms with E-state index in [-0.39, 0.29) is 0 Å². The molecule has 0 bridgehead atoms. The minimum Gasteiger partial charge on any atom is -0.381 e. The molecule has 1 atom stereocenters. The summed E-state index contributed by atoms with van der Waals surface area (Å²) < 4.78 is 5.37. The molecule has 2 nitrogen and oxygen atoms in total. The number of nitrogens with one attached hydrogen (secondary N) is 1. The fraction of sp³-hybridized carbons (Fsp3) is 1.00. The van der Waals surface area contributed by atoms with E-state index < -0.39 is 0 Å². The van der Waals surface area contributed by atoms with Crippen LogP contribution in [0.2, 0.25) is 0 Å². The van der Waals surface area contributed by atoms with Crippen LogP contribution < -0.4 is 5.32 Å². The first-order chi connectivity index (χ1) is 7.33. The Kier molecular flexibility index (Phi) is 7.49. The normalized spacial score (nSPS) is 20.4. The van der Waals surface area contributed by atoms with Gasteiger partial charge in [-0.15, -0.1) is 0 Å². The maximum atomic E-state index is 5.37. The fourth-order valence-corrected chi connectivity index (χ4v) is 3.13.